The normalized spacial score (nSPS) is 12.0. The van der Waals surface area contributed by atoms with Crippen molar-refractivity contribution in [1.29, 1.82) is 0 Å². The van der Waals surface area contributed by atoms with Crippen molar-refractivity contribution in [3.05, 3.63) is 0 Å². The van der Waals surface area contributed by atoms with Gasteiger partial charge in [-0.3, -0.25) is 10.6 Å². The molecule has 2 heteroatoms. The lowest BCUT2D eigenvalue weighted by Gasteiger charge is -2.20. The van der Waals surface area contributed by atoms with Crippen molar-refractivity contribution >= 4 is 0 Å². The Hall–Kier alpha value is -0.0800. The summed E-state index contributed by atoms with van der Waals surface area (Å²) < 4.78 is 0. The van der Waals surface area contributed by atoms with E-state index >= 15 is 0 Å². The second kappa shape index (κ2) is 4.69. The van der Waals surface area contributed by atoms with Crippen molar-refractivity contribution in [3.63, 3.8) is 0 Å². The standard InChI is InChI=1S/C8H20N2/c1-6(2)9-8(5)10-7(3)4/h6-10H,1-5H3. The summed E-state index contributed by atoms with van der Waals surface area (Å²) in [5.74, 6) is 0. The molecular weight excluding hydrogens is 124 g/mol. The van der Waals surface area contributed by atoms with Crippen LogP contribution in [0.25, 0.3) is 0 Å². The second-order valence-corrected chi connectivity index (χ2v) is 3.36. The van der Waals surface area contributed by atoms with Gasteiger partial charge >= 0.3 is 0 Å². The van der Waals surface area contributed by atoms with Gasteiger partial charge in [-0.15, -0.1) is 0 Å². The van der Waals surface area contributed by atoms with Crippen molar-refractivity contribution in [2.75, 3.05) is 0 Å². The Kier molecular flexibility index (Phi) is 4.65. The third-order valence-corrected chi connectivity index (χ3v) is 1.17. The van der Waals surface area contributed by atoms with E-state index in [4.69, 9.17) is 0 Å². The fraction of sp³-hybridized carbons (Fsp3) is 1.00. The molecule has 0 aliphatic heterocycles. The van der Waals surface area contributed by atoms with E-state index in [1.165, 1.54) is 0 Å². The van der Waals surface area contributed by atoms with Crippen molar-refractivity contribution in [1.82, 2.24) is 10.6 Å². The van der Waals surface area contributed by atoms with Crippen LogP contribution in [-0.2, 0) is 0 Å². The zero-order chi connectivity index (χ0) is 8.15. The molecule has 0 fully saturated rings. The fourth-order valence-electron chi connectivity index (χ4n) is 1.05. The van der Waals surface area contributed by atoms with Crippen molar-refractivity contribution in [2.45, 2.75) is 52.9 Å². The molecule has 0 heterocycles. The Morgan fingerprint density at radius 3 is 1.20 bits per heavy atom. The Balaban J connectivity index is 3.34. The fourth-order valence-corrected chi connectivity index (χ4v) is 1.05. The van der Waals surface area contributed by atoms with E-state index in [0.29, 0.717) is 18.2 Å². The summed E-state index contributed by atoms with van der Waals surface area (Å²) in [7, 11) is 0. The molecule has 62 valence electrons. The number of nitrogens with one attached hydrogen (secondary N) is 2. The maximum atomic E-state index is 3.36. The summed E-state index contributed by atoms with van der Waals surface area (Å²) in [5.41, 5.74) is 0. The van der Waals surface area contributed by atoms with Crippen LogP contribution in [0.1, 0.15) is 34.6 Å². The van der Waals surface area contributed by atoms with Gasteiger partial charge in [0.25, 0.3) is 0 Å². The summed E-state index contributed by atoms with van der Waals surface area (Å²) in [5, 5.41) is 6.73. The average Bonchev–Trinajstić information content (AvgIpc) is 1.58. The lowest BCUT2D eigenvalue weighted by molar-refractivity contribution is 0.389. The van der Waals surface area contributed by atoms with Gasteiger partial charge in [-0.2, -0.15) is 0 Å². The zero-order valence-corrected chi connectivity index (χ0v) is 7.73. The van der Waals surface area contributed by atoms with Gasteiger partial charge in [-0.25, -0.2) is 0 Å². The molecule has 0 bridgehead atoms. The molecule has 0 rings (SSSR count). The first-order valence-corrected chi connectivity index (χ1v) is 4.04. The lowest BCUT2D eigenvalue weighted by Crippen LogP contribution is -2.45. The van der Waals surface area contributed by atoms with Gasteiger partial charge in [-0.05, 0) is 34.6 Å². The molecule has 2 nitrogen and oxygen atoms in total. The molecule has 0 amide bonds. The molecule has 0 aromatic heterocycles. The number of rotatable bonds is 4. The zero-order valence-electron chi connectivity index (χ0n) is 7.73. The van der Waals surface area contributed by atoms with Crippen LogP contribution in [0.2, 0.25) is 0 Å². The summed E-state index contributed by atoms with van der Waals surface area (Å²) in [6.07, 6.45) is 0.417. The highest BCUT2D eigenvalue weighted by Gasteiger charge is 2.02. The third kappa shape index (κ3) is 6.05. The Morgan fingerprint density at radius 2 is 1.00 bits per heavy atom. The van der Waals surface area contributed by atoms with Crippen molar-refractivity contribution in [3.8, 4) is 0 Å². The van der Waals surface area contributed by atoms with Gasteiger partial charge in [-0.1, -0.05) is 0 Å². The van der Waals surface area contributed by atoms with Crippen LogP contribution in [0.15, 0.2) is 0 Å². The summed E-state index contributed by atoms with van der Waals surface area (Å²) >= 11 is 0. The van der Waals surface area contributed by atoms with Crippen molar-refractivity contribution < 1.29 is 0 Å². The first-order valence-electron chi connectivity index (χ1n) is 4.04. The molecule has 0 radical (unpaired) electrons. The van der Waals surface area contributed by atoms with E-state index in [-0.39, 0.29) is 0 Å². The number of hydrogen-bond donors (Lipinski definition) is 2. The smallest absolute Gasteiger partial charge is 0.0546 e. The Morgan fingerprint density at radius 1 is 0.700 bits per heavy atom. The van der Waals surface area contributed by atoms with Crippen LogP contribution in [0.3, 0.4) is 0 Å². The van der Waals surface area contributed by atoms with Crippen LogP contribution in [-0.4, -0.2) is 18.2 Å². The van der Waals surface area contributed by atoms with Crippen molar-refractivity contribution in [2.24, 2.45) is 0 Å². The molecule has 0 saturated carbocycles. The van der Waals surface area contributed by atoms with Gasteiger partial charge < -0.3 is 0 Å². The first kappa shape index (κ1) is 9.92. The summed E-state index contributed by atoms with van der Waals surface area (Å²) in [6, 6.07) is 1.11. The van der Waals surface area contributed by atoms with E-state index in [9.17, 15) is 0 Å². The maximum Gasteiger partial charge on any atom is 0.0546 e. The van der Waals surface area contributed by atoms with Crippen LogP contribution >= 0.6 is 0 Å². The van der Waals surface area contributed by atoms with Gasteiger partial charge in [0, 0.05) is 12.1 Å². The molecule has 0 unspecified atom stereocenters. The molecular formula is C8H20N2. The summed E-state index contributed by atoms with van der Waals surface area (Å²) in [6.45, 7) is 10.7. The molecule has 10 heavy (non-hydrogen) atoms. The monoisotopic (exact) mass is 144 g/mol. The third-order valence-electron chi connectivity index (χ3n) is 1.17. The molecule has 0 aromatic rings. The van der Waals surface area contributed by atoms with Gasteiger partial charge in [0.1, 0.15) is 0 Å². The quantitative estimate of drug-likeness (QED) is 0.582. The number of hydrogen-bond acceptors (Lipinski definition) is 2. The molecule has 0 aliphatic carbocycles. The summed E-state index contributed by atoms with van der Waals surface area (Å²) in [4.78, 5) is 0. The van der Waals surface area contributed by atoms with Crippen LogP contribution < -0.4 is 10.6 Å². The van der Waals surface area contributed by atoms with Crippen LogP contribution in [0, 0.1) is 0 Å². The van der Waals surface area contributed by atoms with Crippen LogP contribution in [0.5, 0.6) is 0 Å². The highest BCUT2D eigenvalue weighted by Crippen LogP contribution is 1.84. The minimum Gasteiger partial charge on any atom is -0.300 e. The second-order valence-electron chi connectivity index (χ2n) is 3.36. The minimum absolute atomic E-state index is 0.417. The molecule has 2 N–H and O–H groups in total. The highest BCUT2D eigenvalue weighted by atomic mass is 15.1. The largest absolute Gasteiger partial charge is 0.300 e. The highest BCUT2D eigenvalue weighted by molar-refractivity contribution is 4.63. The predicted molar refractivity (Wildman–Crippen MR) is 46.0 cm³/mol. The van der Waals surface area contributed by atoms with Gasteiger partial charge in [0.2, 0.25) is 0 Å². The Bertz CT molecular complexity index is 69.3. The van der Waals surface area contributed by atoms with E-state index < -0.39 is 0 Å². The van der Waals surface area contributed by atoms with E-state index in [1.54, 1.807) is 0 Å². The van der Waals surface area contributed by atoms with E-state index in [2.05, 4.69) is 45.3 Å². The molecule has 0 saturated heterocycles. The average molecular weight is 144 g/mol. The van der Waals surface area contributed by atoms with Crippen LogP contribution in [0.4, 0.5) is 0 Å². The molecule has 0 spiro atoms. The lowest BCUT2D eigenvalue weighted by atomic mass is 10.3. The van der Waals surface area contributed by atoms with Gasteiger partial charge in [0.05, 0.1) is 6.17 Å². The maximum absolute atomic E-state index is 3.36. The minimum atomic E-state index is 0.417. The topological polar surface area (TPSA) is 24.1 Å². The van der Waals surface area contributed by atoms with E-state index in [0.717, 1.165) is 0 Å². The molecule has 0 aliphatic rings. The SMILES string of the molecule is CC(C)NC(C)NC(C)C. The molecule has 0 atom stereocenters. The predicted octanol–water partition coefficient (Wildman–Crippen LogP) is 1.33. The molecule has 0 aromatic carbocycles. The Labute approximate surface area is 64.4 Å². The van der Waals surface area contributed by atoms with Gasteiger partial charge in [0.15, 0.2) is 0 Å². The first-order chi connectivity index (χ1) is 4.52. The van der Waals surface area contributed by atoms with E-state index in [1.807, 2.05) is 0 Å².